The van der Waals surface area contributed by atoms with Crippen molar-refractivity contribution in [3.05, 3.63) is 81.8 Å². The first-order chi connectivity index (χ1) is 9.66. The van der Waals surface area contributed by atoms with Crippen molar-refractivity contribution in [3.8, 4) is 0 Å². The van der Waals surface area contributed by atoms with Gasteiger partial charge in [-0.3, -0.25) is 0 Å². The van der Waals surface area contributed by atoms with E-state index in [0.717, 1.165) is 4.47 Å². The minimum Gasteiger partial charge on any atom is -0.0786 e. The summed E-state index contributed by atoms with van der Waals surface area (Å²) in [5, 5.41) is 2.57. The van der Waals surface area contributed by atoms with Crippen molar-refractivity contribution in [2.24, 2.45) is 0 Å². The predicted octanol–water partition coefficient (Wildman–Crippen LogP) is 6.40. The molecule has 0 aliphatic rings. The van der Waals surface area contributed by atoms with E-state index in [1.165, 1.54) is 27.5 Å². The molecular formula is C18H14Br2. The third-order valence-corrected chi connectivity index (χ3v) is 5.23. The Morgan fingerprint density at radius 2 is 1.60 bits per heavy atom. The summed E-state index contributed by atoms with van der Waals surface area (Å²) >= 11 is 7.53. The van der Waals surface area contributed by atoms with Gasteiger partial charge in [0.2, 0.25) is 0 Å². The highest BCUT2D eigenvalue weighted by Crippen LogP contribution is 2.38. The standard InChI is InChI=1S/C18H14Br2/c1-12-9-10-17(19)16(11-12)18(20)15-8-4-6-13-5-2-3-7-14(13)15/h2-11,18H,1H3. The van der Waals surface area contributed by atoms with Crippen LogP contribution in [0.2, 0.25) is 0 Å². The van der Waals surface area contributed by atoms with Gasteiger partial charge >= 0.3 is 0 Å². The van der Waals surface area contributed by atoms with Crippen molar-refractivity contribution < 1.29 is 0 Å². The average molecular weight is 390 g/mol. The van der Waals surface area contributed by atoms with E-state index in [1.807, 2.05) is 0 Å². The monoisotopic (exact) mass is 388 g/mol. The van der Waals surface area contributed by atoms with Crippen LogP contribution in [0.25, 0.3) is 10.8 Å². The molecule has 0 bridgehead atoms. The Kier molecular flexibility index (Phi) is 3.95. The minimum absolute atomic E-state index is 0.183. The van der Waals surface area contributed by atoms with Crippen LogP contribution in [0.15, 0.2) is 65.1 Å². The van der Waals surface area contributed by atoms with Crippen LogP contribution in [0, 0.1) is 6.92 Å². The zero-order valence-electron chi connectivity index (χ0n) is 11.1. The fourth-order valence-electron chi connectivity index (χ4n) is 2.50. The second-order valence-corrected chi connectivity index (χ2v) is 6.73. The van der Waals surface area contributed by atoms with Crippen LogP contribution in [0.5, 0.6) is 0 Å². The Bertz CT molecular complexity index is 757. The number of fused-ring (bicyclic) bond motifs is 1. The molecule has 0 amide bonds. The highest BCUT2D eigenvalue weighted by molar-refractivity contribution is 9.11. The molecule has 3 rings (SSSR count). The van der Waals surface area contributed by atoms with Gasteiger partial charge in [-0.15, -0.1) is 0 Å². The number of halogens is 2. The summed E-state index contributed by atoms with van der Waals surface area (Å²) < 4.78 is 1.14. The molecule has 2 heteroatoms. The molecule has 1 atom stereocenters. The number of rotatable bonds is 2. The second kappa shape index (κ2) is 5.71. The topological polar surface area (TPSA) is 0 Å². The number of alkyl halides is 1. The zero-order chi connectivity index (χ0) is 14.1. The SMILES string of the molecule is Cc1ccc(Br)c(C(Br)c2cccc3ccccc23)c1. The average Bonchev–Trinajstić information content (AvgIpc) is 2.48. The van der Waals surface area contributed by atoms with E-state index in [0.29, 0.717) is 0 Å². The van der Waals surface area contributed by atoms with Gasteiger partial charge in [-0.25, -0.2) is 0 Å². The lowest BCUT2D eigenvalue weighted by Gasteiger charge is -2.16. The molecule has 0 saturated carbocycles. The Labute approximate surface area is 136 Å². The van der Waals surface area contributed by atoms with E-state index < -0.39 is 0 Å². The zero-order valence-corrected chi connectivity index (χ0v) is 14.3. The highest BCUT2D eigenvalue weighted by atomic mass is 79.9. The molecule has 0 heterocycles. The summed E-state index contributed by atoms with van der Waals surface area (Å²) in [6.45, 7) is 2.12. The number of aryl methyl sites for hydroxylation is 1. The first-order valence-corrected chi connectivity index (χ1v) is 8.25. The van der Waals surface area contributed by atoms with Gasteiger partial charge < -0.3 is 0 Å². The van der Waals surface area contributed by atoms with Crippen molar-refractivity contribution >= 4 is 42.6 Å². The van der Waals surface area contributed by atoms with Gasteiger partial charge in [0.15, 0.2) is 0 Å². The summed E-state index contributed by atoms with van der Waals surface area (Å²) in [6, 6.07) is 21.4. The Hall–Kier alpha value is -1.12. The van der Waals surface area contributed by atoms with E-state index in [-0.39, 0.29) is 4.83 Å². The van der Waals surface area contributed by atoms with Crippen LogP contribution in [-0.4, -0.2) is 0 Å². The fourth-order valence-corrected chi connectivity index (χ4v) is 4.06. The lowest BCUT2D eigenvalue weighted by molar-refractivity contribution is 1.17. The quantitative estimate of drug-likeness (QED) is 0.445. The highest BCUT2D eigenvalue weighted by Gasteiger charge is 2.15. The molecule has 0 aliphatic heterocycles. The second-order valence-electron chi connectivity index (χ2n) is 4.96. The lowest BCUT2D eigenvalue weighted by Crippen LogP contribution is -1.96. The molecule has 20 heavy (non-hydrogen) atoms. The normalized spacial score (nSPS) is 12.6. The van der Waals surface area contributed by atoms with Gasteiger partial charge in [0.1, 0.15) is 0 Å². The molecule has 0 nitrogen and oxygen atoms in total. The van der Waals surface area contributed by atoms with Gasteiger partial charge in [0, 0.05) is 4.47 Å². The summed E-state index contributed by atoms with van der Waals surface area (Å²) in [6.07, 6.45) is 0. The van der Waals surface area contributed by atoms with Crippen LogP contribution in [0.1, 0.15) is 21.5 Å². The van der Waals surface area contributed by atoms with E-state index in [2.05, 4.69) is 99.4 Å². The summed E-state index contributed by atoms with van der Waals surface area (Å²) in [5.74, 6) is 0. The van der Waals surface area contributed by atoms with Crippen molar-refractivity contribution in [2.45, 2.75) is 11.8 Å². The molecular weight excluding hydrogens is 376 g/mol. The molecule has 3 aromatic rings. The van der Waals surface area contributed by atoms with Gasteiger partial charge in [0.25, 0.3) is 0 Å². The molecule has 0 fully saturated rings. The predicted molar refractivity (Wildman–Crippen MR) is 93.6 cm³/mol. The number of hydrogen-bond acceptors (Lipinski definition) is 0. The lowest BCUT2D eigenvalue weighted by atomic mass is 9.97. The summed E-state index contributed by atoms with van der Waals surface area (Å²) in [4.78, 5) is 0.183. The molecule has 0 spiro atoms. The largest absolute Gasteiger partial charge is 0.0786 e. The maximum Gasteiger partial charge on any atom is 0.0661 e. The first kappa shape index (κ1) is 13.8. The Balaban J connectivity index is 2.17. The van der Waals surface area contributed by atoms with Crippen LogP contribution < -0.4 is 0 Å². The van der Waals surface area contributed by atoms with Gasteiger partial charge in [0.05, 0.1) is 4.83 Å². The molecule has 100 valence electrons. The minimum atomic E-state index is 0.183. The van der Waals surface area contributed by atoms with Crippen LogP contribution in [0.4, 0.5) is 0 Å². The first-order valence-electron chi connectivity index (χ1n) is 6.54. The van der Waals surface area contributed by atoms with Gasteiger partial charge in [-0.2, -0.15) is 0 Å². The van der Waals surface area contributed by atoms with Crippen molar-refractivity contribution in [1.82, 2.24) is 0 Å². The van der Waals surface area contributed by atoms with Crippen molar-refractivity contribution in [2.75, 3.05) is 0 Å². The van der Waals surface area contributed by atoms with E-state index in [9.17, 15) is 0 Å². The molecule has 0 radical (unpaired) electrons. The van der Waals surface area contributed by atoms with E-state index in [4.69, 9.17) is 0 Å². The third-order valence-electron chi connectivity index (χ3n) is 3.52. The molecule has 0 saturated heterocycles. The molecule has 0 aliphatic carbocycles. The smallest absolute Gasteiger partial charge is 0.0661 e. The number of benzene rings is 3. The number of hydrogen-bond donors (Lipinski definition) is 0. The molecule has 0 aromatic heterocycles. The summed E-state index contributed by atoms with van der Waals surface area (Å²) in [7, 11) is 0. The molecule has 3 aromatic carbocycles. The van der Waals surface area contributed by atoms with E-state index >= 15 is 0 Å². The van der Waals surface area contributed by atoms with Crippen molar-refractivity contribution in [3.63, 3.8) is 0 Å². The van der Waals surface area contributed by atoms with Gasteiger partial charge in [-0.1, -0.05) is 92.0 Å². The van der Waals surface area contributed by atoms with Crippen LogP contribution in [-0.2, 0) is 0 Å². The third kappa shape index (κ3) is 2.55. The maximum atomic E-state index is 3.87. The van der Waals surface area contributed by atoms with Crippen molar-refractivity contribution in [1.29, 1.82) is 0 Å². The maximum absolute atomic E-state index is 3.87. The van der Waals surface area contributed by atoms with Crippen LogP contribution >= 0.6 is 31.9 Å². The van der Waals surface area contributed by atoms with Crippen LogP contribution in [0.3, 0.4) is 0 Å². The fraction of sp³-hybridized carbons (Fsp3) is 0.111. The van der Waals surface area contributed by atoms with Gasteiger partial charge in [-0.05, 0) is 34.9 Å². The molecule has 0 N–H and O–H groups in total. The van der Waals surface area contributed by atoms with E-state index in [1.54, 1.807) is 0 Å². The Morgan fingerprint density at radius 1 is 0.850 bits per heavy atom. The Morgan fingerprint density at radius 3 is 2.45 bits per heavy atom. The summed E-state index contributed by atoms with van der Waals surface area (Å²) in [5.41, 5.74) is 3.84. The molecule has 1 unspecified atom stereocenters.